The minimum Gasteiger partial charge on any atom is -0.495 e. The maximum Gasteiger partial charge on any atom is 0.244 e. The van der Waals surface area contributed by atoms with Gasteiger partial charge in [-0.15, -0.1) is 10.2 Å². The molecule has 8 nitrogen and oxygen atoms in total. The summed E-state index contributed by atoms with van der Waals surface area (Å²) in [6, 6.07) is 12.8. The molecule has 4 aromatic rings. The van der Waals surface area contributed by atoms with Gasteiger partial charge >= 0.3 is 0 Å². The Hall–Kier alpha value is -3.04. The summed E-state index contributed by atoms with van der Waals surface area (Å²) < 4.78 is 35.3. The molecule has 2 aromatic heterocycles. The molecule has 0 saturated carbocycles. The van der Waals surface area contributed by atoms with Gasteiger partial charge in [0.1, 0.15) is 10.6 Å². The van der Waals surface area contributed by atoms with Gasteiger partial charge in [0.25, 0.3) is 0 Å². The van der Waals surface area contributed by atoms with Crippen molar-refractivity contribution >= 4 is 26.4 Å². The zero-order chi connectivity index (χ0) is 21.3. The van der Waals surface area contributed by atoms with Crippen molar-refractivity contribution in [3.63, 3.8) is 0 Å². The highest BCUT2D eigenvalue weighted by molar-refractivity contribution is 7.89. The second-order valence-electron chi connectivity index (χ2n) is 7.01. The van der Waals surface area contributed by atoms with Crippen LogP contribution in [-0.4, -0.2) is 41.9 Å². The third-order valence-corrected chi connectivity index (χ3v) is 6.46. The molecule has 2 aromatic carbocycles. The number of nitrogens with one attached hydrogen (secondary N) is 1. The van der Waals surface area contributed by atoms with E-state index in [9.17, 15) is 8.42 Å². The molecule has 2 heterocycles. The Kier molecular flexibility index (Phi) is 5.40. The Morgan fingerprint density at radius 2 is 1.87 bits per heavy atom. The lowest BCUT2D eigenvalue weighted by atomic mass is 10.1. The summed E-state index contributed by atoms with van der Waals surface area (Å²) in [5.41, 5.74) is 2.04. The first-order valence-corrected chi connectivity index (χ1v) is 11.2. The van der Waals surface area contributed by atoms with Gasteiger partial charge < -0.3 is 4.74 Å². The molecule has 0 atom stereocenters. The highest BCUT2D eigenvalue weighted by Crippen LogP contribution is 2.30. The van der Waals surface area contributed by atoms with E-state index in [1.165, 1.54) is 7.11 Å². The average Bonchev–Trinajstić information content (AvgIpc) is 3.17. The van der Waals surface area contributed by atoms with E-state index in [2.05, 4.69) is 20.0 Å². The molecule has 0 aliphatic heterocycles. The maximum absolute atomic E-state index is 12.9. The molecule has 0 saturated heterocycles. The van der Waals surface area contributed by atoms with E-state index >= 15 is 0 Å². The quantitative estimate of drug-likeness (QED) is 0.456. The highest BCUT2D eigenvalue weighted by Gasteiger charge is 2.22. The van der Waals surface area contributed by atoms with E-state index in [1.54, 1.807) is 22.7 Å². The lowest BCUT2D eigenvalue weighted by Gasteiger charge is -2.12. The van der Waals surface area contributed by atoms with Crippen LogP contribution in [0.1, 0.15) is 25.5 Å². The molecule has 0 aliphatic rings. The first-order valence-electron chi connectivity index (χ1n) is 9.75. The number of rotatable bonds is 7. The fourth-order valence-corrected chi connectivity index (χ4v) is 4.67. The summed E-state index contributed by atoms with van der Waals surface area (Å²) >= 11 is 0. The second kappa shape index (κ2) is 8.00. The molecule has 0 aliphatic carbocycles. The number of sulfonamides is 1. The minimum atomic E-state index is -3.74. The molecule has 156 valence electrons. The van der Waals surface area contributed by atoms with Gasteiger partial charge in [0.15, 0.2) is 11.5 Å². The van der Waals surface area contributed by atoms with Gasteiger partial charge in [0, 0.05) is 22.9 Å². The minimum absolute atomic E-state index is 0.0628. The molecule has 0 radical (unpaired) electrons. The smallest absolute Gasteiger partial charge is 0.244 e. The molecule has 0 bridgehead atoms. The second-order valence-corrected chi connectivity index (χ2v) is 8.74. The number of hydrogen-bond donors (Lipinski definition) is 1. The molecule has 4 rings (SSSR count). The number of benzene rings is 2. The number of nitrogens with zero attached hydrogens (tertiary/aromatic N) is 4. The van der Waals surface area contributed by atoms with Gasteiger partial charge in [0.2, 0.25) is 10.0 Å². The number of methoxy groups -OCH3 is 1. The normalized spacial score (nSPS) is 12.0. The topological polar surface area (TPSA) is 98.5 Å². The summed E-state index contributed by atoms with van der Waals surface area (Å²) in [6.45, 7) is 4.30. The summed E-state index contributed by atoms with van der Waals surface area (Å²) in [5, 5.41) is 15.2. The monoisotopic (exact) mass is 425 g/mol. The molecule has 0 amide bonds. The van der Waals surface area contributed by atoms with Crippen LogP contribution in [0, 0.1) is 6.92 Å². The van der Waals surface area contributed by atoms with Crippen LogP contribution in [0.3, 0.4) is 0 Å². The van der Waals surface area contributed by atoms with Crippen molar-refractivity contribution in [1.82, 2.24) is 24.5 Å². The number of aromatic nitrogens is 4. The summed E-state index contributed by atoms with van der Waals surface area (Å²) in [4.78, 5) is 0.0628. The Morgan fingerprint density at radius 3 is 2.60 bits per heavy atom. The number of hydrogen-bond acceptors (Lipinski definition) is 6. The van der Waals surface area contributed by atoms with Crippen molar-refractivity contribution in [1.29, 1.82) is 0 Å². The van der Waals surface area contributed by atoms with Crippen LogP contribution in [0.15, 0.2) is 47.4 Å². The molecule has 0 spiro atoms. The molecule has 1 N–H and O–H groups in total. The van der Waals surface area contributed by atoms with E-state index in [0.717, 1.165) is 29.3 Å². The summed E-state index contributed by atoms with van der Waals surface area (Å²) in [6.07, 6.45) is 1.65. The third-order valence-electron chi connectivity index (χ3n) is 4.98. The van der Waals surface area contributed by atoms with E-state index in [1.807, 2.05) is 38.1 Å². The van der Waals surface area contributed by atoms with Crippen LogP contribution in [-0.2, 0) is 10.0 Å². The lowest BCUT2D eigenvalue weighted by Crippen LogP contribution is -2.25. The van der Waals surface area contributed by atoms with E-state index in [-0.39, 0.29) is 10.6 Å². The largest absolute Gasteiger partial charge is 0.495 e. The van der Waals surface area contributed by atoms with Crippen LogP contribution >= 0.6 is 0 Å². The van der Waals surface area contributed by atoms with E-state index in [0.29, 0.717) is 23.6 Å². The third kappa shape index (κ3) is 3.50. The Labute approximate surface area is 174 Å². The number of ether oxygens (including phenoxy) is 1. The standard InChI is InChI=1S/C21H23N5O3S/c1-4-5-12-22-30(27,28)19-13-15(10-11-18(19)29-3)20-23-24-21-17-9-7-6-8-16(17)14(2)25-26(20)21/h6-11,13,22H,4-5,12H2,1-3H3. The molecule has 9 heteroatoms. The fraction of sp³-hybridized carbons (Fsp3) is 0.286. The van der Waals surface area contributed by atoms with Crippen LogP contribution < -0.4 is 9.46 Å². The SMILES string of the molecule is CCCCNS(=O)(=O)c1cc(-c2nnc3c4ccccc4c(C)nn23)ccc1OC. The molecule has 0 unspecified atom stereocenters. The Morgan fingerprint density at radius 1 is 1.10 bits per heavy atom. The Bertz CT molecular complexity index is 1330. The van der Waals surface area contributed by atoms with Crippen molar-refractivity contribution in [2.24, 2.45) is 0 Å². The van der Waals surface area contributed by atoms with Crippen LogP contribution in [0.5, 0.6) is 5.75 Å². The number of aryl methyl sites for hydroxylation is 1. The van der Waals surface area contributed by atoms with E-state index < -0.39 is 10.0 Å². The van der Waals surface area contributed by atoms with Gasteiger partial charge in [0.05, 0.1) is 12.8 Å². The molecule has 0 fully saturated rings. The van der Waals surface area contributed by atoms with Gasteiger partial charge in [-0.3, -0.25) is 0 Å². The highest BCUT2D eigenvalue weighted by atomic mass is 32.2. The van der Waals surface area contributed by atoms with Crippen molar-refractivity contribution in [3.05, 3.63) is 48.2 Å². The average molecular weight is 426 g/mol. The predicted octanol–water partition coefficient (Wildman–Crippen LogP) is 3.34. The summed E-state index contributed by atoms with van der Waals surface area (Å²) in [5.74, 6) is 0.734. The van der Waals surface area contributed by atoms with Crippen molar-refractivity contribution < 1.29 is 13.2 Å². The fourth-order valence-electron chi connectivity index (χ4n) is 3.41. The van der Waals surface area contributed by atoms with Crippen molar-refractivity contribution in [3.8, 4) is 17.1 Å². The van der Waals surface area contributed by atoms with Crippen molar-refractivity contribution in [2.75, 3.05) is 13.7 Å². The Balaban J connectivity index is 1.86. The predicted molar refractivity (Wildman–Crippen MR) is 115 cm³/mol. The first kappa shape index (κ1) is 20.2. The van der Waals surface area contributed by atoms with E-state index in [4.69, 9.17) is 4.74 Å². The van der Waals surface area contributed by atoms with Gasteiger partial charge in [-0.1, -0.05) is 37.6 Å². The zero-order valence-electron chi connectivity index (χ0n) is 17.1. The van der Waals surface area contributed by atoms with Crippen LogP contribution in [0.2, 0.25) is 0 Å². The van der Waals surface area contributed by atoms with Gasteiger partial charge in [-0.05, 0) is 31.5 Å². The molecular weight excluding hydrogens is 402 g/mol. The van der Waals surface area contributed by atoms with Crippen LogP contribution in [0.25, 0.3) is 27.8 Å². The molecular formula is C21H23N5O3S. The van der Waals surface area contributed by atoms with Gasteiger partial charge in [-0.2, -0.15) is 9.61 Å². The molecule has 30 heavy (non-hydrogen) atoms. The number of unbranched alkanes of at least 4 members (excludes halogenated alkanes) is 1. The zero-order valence-corrected chi connectivity index (χ0v) is 17.9. The number of fused-ring (bicyclic) bond motifs is 3. The lowest BCUT2D eigenvalue weighted by molar-refractivity contribution is 0.402. The first-order chi connectivity index (χ1) is 14.5. The maximum atomic E-state index is 12.9. The van der Waals surface area contributed by atoms with Crippen molar-refractivity contribution in [2.45, 2.75) is 31.6 Å². The summed E-state index contributed by atoms with van der Waals surface area (Å²) in [7, 11) is -2.29. The van der Waals surface area contributed by atoms with Crippen LogP contribution in [0.4, 0.5) is 0 Å². The van der Waals surface area contributed by atoms with Gasteiger partial charge in [-0.25, -0.2) is 13.1 Å².